The molecule has 0 aliphatic carbocycles. The predicted molar refractivity (Wildman–Crippen MR) is 51.8 cm³/mol. The Labute approximate surface area is 83.9 Å². The number of benzene rings is 1. The van der Waals surface area contributed by atoms with Crippen molar-refractivity contribution in [2.75, 3.05) is 5.32 Å². The fourth-order valence-corrected chi connectivity index (χ4v) is 0.894. The number of nitrogens with two attached hydrogens (primary N) is 1. The molecule has 3 nitrogen and oxygen atoms in total. The van der Waals surface area contributed by atoms with Crippen LogP contribution in [-0.2, 0) is 4.79 Å². The van der Waals surface area contributed by atoms with Crippen LogP contribution in [0.15, 0.2) is 18.2 Å². The zero-order valence-corrected chi connectivity index (χ0v) is 7.70. The third-order valence-electron chi connectivity index (χ3n) is 1.43. The highest BCUT2D eigenvalue weighted by Crippen LogP contribution is 2.17. The normalized spacial score (nSPS) is 9.57. The van der Waals surface area contributed by atoms with Gasteiger partial charge < -0.3 is 11.1 Å². The SMILES string of the molecule is NC(=O)C(=S)Nc1c(F)cccc1F. The van der Waals surface area contributed by atoms with Gasteiger partial charge >= 0.3 is 0 Å². The van der Waals surface area contributed by atoms with E-state index in [1.807, 2.05) is 0 Å². The lowest BCUT2D eigenvalue weighted by Gasteiger charge is -2.06. The maximum Gasteiger partial charge on any atom is 0.276 e. The monoisotopic (exact) mass is 216 g/mol. The summed E-state index contributed by atoms with van der Waals surface area (Å²) in [5.74, 6) is -2.62. The van der Waals surface area contributed by atoms with Crippen LogP contribution >= 0.6 is 12.2 Å². The second kappa shape index (κ2) is 4.10. The molecule has 14 heavy (non-hydrogen) atoms. The van der Waals surface area contributed by atoms with Crippen molar-refractivity contribution in [2.45, 2.75) is 0 Å². The standard InChI is InChI=1S/C8H6F2N2OS/c9-4-2-1-3-5(10)6(4)12-8(14)7(11)13/h1-3H,(H2,11,13)(H,12,14). The van der Waals surface area contributed by atoms with Gasteiger partial charge in [-0.15, -0.1) is 0 Å². The molecule has 1 amide bonds. The molecule has 0 saturated carbocycles. The van der Waals surface area contributed by atoms with Gasteiger partial charge in [-0.25, -0.2) is 8.78 Å². The summed E-state index contributed by atoms with van der Waals surface area (Å²) in [5.41, 5.74) is 4.32. The van der Waals surface area contributed by atoms with E-state index in [2.05, 4.69) is 17.5 Å². The average molecular weight is 216 g/mol. The number of amides is 1. The van der Waals surface area contributed by atoms with Gasteiger partial charge in [0.15, 0.2) is 4.99 Å². The molecule has 0 bridgehead atoms. The highest BCUT2D eigenvalue weighted by atomic mass is 32.1. The summed E-state index contributed by atoms with van der Waals surface area (Å²) in [5, 5.41) is 2.08. The lowest BCUT2D eigenvalue weighted by Crippen LogP contribution is -2.28. The van der Waals surface area contributed by atoms with E-state index < -0.39 is 28.2 Å². The largest absolute Gasteiger partial charge is 0.364 e. The topological polar surface area (TPSA) is 55.1 Å². The molecule has 6 heteroatoms. The van der Waals surface area contributed by atoms with Crippen LogP contribution < -0.4 is 11.1 Å². The molecule has 0 fully saturated rings. The summed E-state index contributed by atoms with van der Waals surface area (Å²) in [6, 6.07) is 3.27. The molecule has 0 aliphatic heterocycles. The number of halogens is 2. The minimum Gasteiger partial charge on any atom is -0.364 e. The van der Waals surface area contributed by atoms with Crippen molar-refractivity contribution in [1.82, 2.24) is 0 Å². The van der Waals surface area contributed by atoms with Gasteiger partial charge in [-0.2, -0.15) is 0 Å². The molecule has 0 aromatic heterocycles. The first kappa shape index (κ1) is 10.5. The number of para-hydroxylation sites is 1. The van der Waals surface area contributed by atoms with Gasteiger partial charge in [-0.1, -0.05) is 18.3 Å². The molecule has 0 radical (unpaired) electrons. The smallest absolute Gasteiger partial charge is 0.276 e. The summed E-state index contributed by atoms with van der Waals surface area (Å²) in [4.78, 5) is 10.1. The summed E-state index contributed by atoms with van der Waals surface area (Å²) in [6.45, 7) is 0. The first-order chi connectivity index (χ1) is 6.52. The van der Waals surface area contributed by atoms with Crippen LogP contribution in [0.5, 0.6) is 0 Å². The summed E-state index contributed by atoms with van der Waals surface area (Å²) >= 11 is 4.46. The van der Waals surface area contributed by atoms with E-state index in [0.29, 0.717) is 0 Å². The van der Waals surface area contributed by atoms with Crippen LogP contribution in [0, 0.1) is 11.6 Å². The molecule has 3 N–H and O–H groups in total. The highest BCUT2D eigenvalue weighted by Gasteiger charge is 2.11. The zero-order chi connectivity index (χ0) is 10.7. The minimum absolute atomic E-state index is 0.436. The Hall–Kier alpha value is -1.56. The second-order valence-electron chi connectivity index (χ2n) is 2.42. The fourth-order valence-electron chi connectivity index (χ4n) is 0.792. The maximum absolute atomic E-state index is 13.0. The summed E-state index contributed by atoms with van der Waals surface area (Å²) in [7, 11) is 0. The van der Waals surface area contributed by atoms with Crippen molar-refractivity contribution >= 4 is 28.8 Å². The molecule has 1 rings (SSSR count). The van der Waals surface area contributed by atoms with E-state index >= 15 is 0 Å². The zero-order valence-electron chi connectivity index (χ0n) is 6.88. The molecular weight excluding hydrogens is 210 g/mol. The lowest BCUT2D eigenvalue weighted by molar-refractivity contribution is -0.111. The van der Waals surface area contributed by atoms with Gasteiger partial charge in [-0.3, -0.25) is 4.79 Å². The third-order valence-corrected chi connectivity index (χ3v) is 1.73. The number of primary amides is 1. The average Bonchev–Trinajstić information content (AvgIpc) is 2.11. The number of carbonyl (C=O) groups excluding carboxylic acids is 1. The number of hydrogen-bond acceptors (Lipinski definition) is 2. The Balaban J connectivity index is 2.97. The minimum atomic E-state index is -0.942. The van der Waals surface area contributed by atoms with Crippen LogP contribution in [-0.4, -0.2) is 10.9 Å². The molecule has 1 aromatic rings. The second-order valence-corrected chi connectivity index (χ2v) is 2.82. The highest BCUT2D eigenvalue weighted by molar-refractivity contribution is 7.82. The van der Waals surface area contributed by atoms with Crippen LogP contribution in [0.3, 0.4) is 0 Å². The molecular formula is C8H6F2N2OS. The summed E-state index contributed by atoms with van der Waals surface area (Å²) < 4.78 is 25.9. The van der Waals surface area contributed by atoms with Crippen LogP contribution in [0.2, 0.25) is 0 Å². The molecule has 0 heterocycles. The Morgan fingerprint density at radius 2 is 1.86 bits per heavy atom. The summed E-state index contributed by atoms with van der Waals surface area (Å²) in [6.07, 6.45) is 0. The number of hydrogen-bond donors (Lipinski definition) is 2. The van der Waals surface area contributed by atoms with E-state index in [0.717, 1.165) is 12.1 Å². The van der Waals surface area contributed by atoms with E-state index in [-0.39, 0.29) is 0 Å². The van der Waals surface area contributed by atoms with E-state index in [9.17, 15) is 13.6 Å². The molecule has 0 unspecified atom stereocenters. The predicted octanol–water partition coefficient (Wildman–Crippen LogP) is 1.19. The first-order valence-electron chi connectivity index (χ1n) is 3.57. The Bertz CT molecular complexity index is 375. The molecule has 0 atom stereocenters. The number of thiocarbonyl (C=S) groups is 1. The van der Waals surface area contributed by atoms with E-state index in [1.54, 1.807) is 0 Å². The Morgan fingerprint density at radius 3 is 2.29 bits per heavy atom. The van der Waals surface area contributed by atoms with Crippen molar-refractivity contribution in [3.05, 3.63) is 29.8 Å². The third kappa shape index (κ3) is 2.23. The molecule has 0 spiro atoms. The molecule has 0 aliphatic rings. The van der Waals surface area contributed by atoms with E-state index in [4.69, 9.17) is 5.73 Å². The van der Waals surface area contributed by atoms with Crippen LogP contribution in [0.1, 0.15) is 0 Å². The molecule has 0 saturated heterocycles. The maximum atomic E-state index is 13.0. The lowest BCUT2D eigenvalue weighted by atomic mass is 10.3. The number of anilines is 1. The first-order valence-corrected chi connectivity index (χ1v) is 3.98. The number of carbonyl (C=O) groups is 1. The van der Waals surface area contributed by atoms with Gasteiger partial charge in [0.05, 0.1) is 0 Å². The van der Waals surface area contributed by atoms with Gasteiger partial charge in [0, 0.05) is 0 Å². The van der Waals surface area contributed by atoms with E-state index in [1.165, 1.54) is 6.07 Å². The van der Waals surface area contributed by atoms with Crippen molar-refractivity contribution < 1.29 is 13.6 Å². The Kier molecular flexibility index (Phi) is 3.08. The number of nitrogens with one attached hydrogen (secondary N) is 1. The quantitative estimate of drug-likeness (QED) is 0.693. The van der Waals surface area contributed by atoms with Crippen LogP contribution in [0.25, 0.3) is 0 Å². The molecule has 74 valence electrons. The van der Waals surface area contributed by atoms with Crippen molar-refractivity contribution in [2.24, 2.45) is 5.73 Å². The number of rotatable bonds is 1. The van der Waals surface area contributed by atoms with Gasteiger partial charge in [0.2, 0.25) is 0 Å². The van der Waals surface area contributed by atoms with Gasteiger partial charge in [-0.05, 0) is 12.1 Å². The van der Waals surface area contributed by atoms with Crippen molar-refractivity contribution in [3.63, 3.8) is 0 Å². The van der Waals surface area contributed by atoms with Crippen molar-refractivity contribution in [3.8, 4) is 0 Å². The molecule has 1 aromatic carbocycles. The van der Waals surface area contributed by atoms with Gasteiger partial charge in [0.25, 0.3) is 5.91 Å². The van der Waals surface area contributed by atoms with Gasteiger partial charge in [0.1, 0.15) is 17.3 Å². The van der Waals surface area contributed by atoms with Crippen molar-refractivity contribution in [1.29, 1.82) is 0 Å². The Morgan fingerprint density at radius 1 is 1.36 bits per heavy atom. The fraction of sp³-hybridized carbons (Fsp3) is 0. The van der Waals surface area contributed by atoms with Crippen LogP contribution in [0.4, 0.5) is 14.5 Å².